The Hall–Kier alpha value is -0.750. The molecule has 0 aromatic heterocycles. The number of hydrogen-bond acceptors (Lipinski definition) is 4. The van der Waals surface area contributed by atoms with E-state index >= 15 is 0 Å². The molecule has 0 bridgehead atoms. The topological polar surface area (TPSA) is 107 Å². The maximum absolute atomic E-state index is 10.4. The summed E-state index contributed by atoms with van der Waals surface area (Å²) in [5.41, 5.74) is 0.815. The standard InChI is InChI=1S/C10H15O6P/c11-9(6-8-4-2-1-3-5-8)10(12)7-16-17(13,14)15/h1-5,9-12H,6-7H2,(H2,13,14,15)/t9?,10-/m0/s1. The first-order valence-electron chi connectivity index (χ1n) is 4.98. The molecule has 7 heteroatoms. The maximum Gasteiger partial charge on any atom is 0.469 e. The summed E-state index contributed by atoms with van der Waals surface area (Å²) in [6.07, 6.45) is -2.29. The van der Waals surface area contributed by atoms with Crippen LogP contribution in [0.25, 0.3) is 0 Å². The summed E-state index contributed by atoms with van der Waals surface area (Å²) in [7, 11) is -4.61. The largest absolute Gasteiger partial charge is 0.469 e. The predicted octanol–water partition coefficient (Wildman–Crippen LogP) is 0.0602. The highest BCUT2D eigenvalue weighted by Crippen LogP contribution is 2.35. The molecule has 1 rings (SSSR count). The molecule has 0 spiro atoms. The minimum absolute atomic E-state index is 0.187. The van der Waals surface area contributed by atoms with Crippen LogP contribution in [-0.2, 0) is 15.5 Å². The van der Waals surface area contributed by atoms with Crippen molar-refractivity contribution in [3.8, 4) is 0 Å². The van der Waals surface area contributed by atoms with Crippen LogP contribution in [-0.4, -0.2) is 38.8 Å². The second-order valence-electron chi connectivity index (χ2n) is 3.61. The van der Waals surface area contributed by atoms with E-state index in [1.807, 2.05) is 6.07 Å². The van der Waals surface area contributed by atoms with Crippen LogP contribution in [0.3, 0.4) is 0 Å². The van der Waals surface area contributed by atoms with Gasteiger partial charge in [0.15, 0.2) is 0 Å². The lowest BCUT2D eigenvalue weighted by Gasteiger charge is -2.18. The van der Waals surface area contributed by atoms with E-state index in [4.69, 9.17) is 9.79 Å². The van der Waals surface area contributed by atoms with Gasteiger partial charge in [0.1, 0.15) is 6.10 Å². The molecule has 17 heavy (non-hydrogen) atoms. The average Bonchev–Trinajstić information content (AvgIpc) is 2.26. The van der Waals surface area contributed by atoms with Crippen LogP contribution in [0.2, 0.25) is 0 Å². The van der Waals surface area contributed by atoms with Crippen LogP contribution in [0.15, 0.2) is 30.3 Å². The van der Waals surface area contributed by atoms with Crippen molar-refractivity contribution in [2.24, 2.45) is 0 Å². The fraction of sp³-hybridized carbons (Fsp3) is 0.400. The van der Waals surface area contributed by atoms with Crippen LogP contribution in [0.4, 0.5) is 0 Å². The average molecular weight is 262 g/mol. The molecule has 0 radical (unpaired) electrons. The third-order valence-electron chi connectivity index (χ3n) is 2.15. The Morgan fingerprint density at radius 2 is 1.71 bits per heavy atom. The summed E-state index contributed by atoms with van der Waals surface area (Å²) in [6.45, 7) is -0.613. The molecule has 0 aliphatic rings. The highest BCUT2D eigenvalue weighted by Gasteiger charge is 2.22. The first kappa shape index (κ1) is 14.3. The molecule has 0 aliphatic heterocycles. The van der Waals surface area contributed by atoms with Crippen molar-refractivity contribution in [3.05, 3.63) is 35.9 Å². The van der Waals surface area contributed by atoms with E-state index in [1.54, 1.807) is 24.3 Å². The van der Waals surface area contributed by atoms with Crippen molar-refractivity contribution in [1.29, 1.82) is 0 Å². The van der Waals surface area contributed by atoms with Gasteiger partial charge in [-0.1, -0.05) is 30.3 Å². The summed E-state index contributed by atoms with van der Waals surface area (Å²) < 4.78 is 14.5. The molecule has 0 fully saturated rings. The van der Waals surface area contributed by atoms with Gasteiger partial charge >= 0.3 is 7.82 Å². The zero-order valence-corrected chi connectivity index (χ0v) is 9.90. The van der Waals surface area contributed by atoms with Gasteiger partial charge < -0.3 is 20.0 Å². The second kappa shape index (κ2) is 6.26. The quantitative estimate of drug-likeness (QED) is 0.540. The Balaban J connectivity index is 2.42. The molecular formula is C10H15O6P. The van der Waals surface area contributed by atoms with Crippen LogP contribution >= 0.6 is 7.82 Å². The van der Waals surface area contributed by atoms with E-state index in [1.165, 1.54) is 0 Å². The lowest BCUT2D eigenvalue weighted by molar-refractivity contribution is -0.0130. The van der Waals surface area contributed by atoms with E-state index in [9.17, 15) is 14.8 Å². The summed E-state index contributed by atoms with van der Waals surface area (Å²) in [5.74, 6) is 0. The van der Waals surface area contributed by atoms with E-state index in [2.05, 4.69) is 4.52 Å². The fourth-order valence-electron chi connectivity index (χ4n) is 1.28. The van der Waals surface area contributed by atoms with Crippen molar-refractivity contribution < 1.29 is 29.1 Å². The van der Waals surface area contributed by atoms with E-state index in [0.29, 0.717) is 0 Å². The SMILES string of the molecule is O=P(O)(O)OC[C@H](O)C(O)Cc1ccccc1. The Morgan fingerprint density at radius 1 is 1.12 bits per heavy atom. The predicted molar refractivity (Wildman–Crippen MR) is 60.2 cm³/mol. The molecule has 1 aromatic carbocycles. The zero-order chi connectivity index (χ0) is 12.9. The first-order chi connectivity index (χ1) is 7.88. The number of rotatable bonds is 6. The Bertz CT molecular complexity index is 376. The van der Waals surface area contributed by atoms with Gasteiger partial charge in [0, 0.05) is 6.42 Å². The molecule has 0 heterocycles. The Morgan fingerprint density at radius 3 is 2.24 bits per heavy atom. The zero-order valence-electron chi connectivity index (χ0n) is 9.01. The normalized spacial score (nSPS) is 15.5. The molecule has 0 saturated carbocycles. The third-order valence-corrected chi connectivity index (χ3v) is 2.63. The molecule has 0 aliphatic carbocycles. The van der Waals surface area contributed by atoms with Gasteiger partial charge in [-0.3, -0.25) is 4.52 Å². The van der Waals surface area contributed by atoms with E-state index < -0.39 is 26.6 Å². The van der Waals surface area contributed by atoms with Gasteiger partial charge in [-0.25, -0.2) is 4.57 Å². The number of hydrogen-bond donors (Lipinski definition) is 4. The van der Waals surface area contributed by atoms with Crippen molar-refractivity contribution in [1.82, 2.24) is 0 Å². The minimum Gasteiger partial charge on any atom is -0.390 e. The van der Waals surface area contributed by atoms with Gasteiger partial charge in [-0.2, -0.15) is 0 Å². The lowest BCUT2D eigenvalue weighted by Crippen LogP contribution is -2.31. The summed E-state index contributed by atoms with van der Waals surface area (Å²) in [6, 6.07) is 8.96. The summed E-state index contributed by atoms with van der Waals surface area (Å²) >= 11 is 0. The summed E-state index contributed by atoms with van der Waals surface area (Å²) in [4.78, 5) is 16.9. The Labute approximate surface area is 98.7 Å². The second-order valence-corrected chi connectivity index (χ2v) is 4.85. The Kier molecular flexibility index (Phi) is 5.27. The van der Waals surface area contributed by atoms with E-state index in [-0.39, 0.29) is 6.42 Å². The first-order valence-corrected chi connectivity index (χ1v) is 6.51. The smallest absolute Gasteiger partial charge is 0.390 e. The molecule has 6 nitrogen and oxygen atoms in total. The highest BCUT2D eigenvalue weighted by atomic mass is 31.2. The molecule has 96 valence electrons. The van der Waals surface area contributed by atoms with Crippen molar-refractivity contribution in [2.45, 2.75) is 18.6 Å². The fourth-order valence-corrected chi connectivity index (χ4v) is 1.62. The molecule has 2 atom stereocenters. The molecule has 0 saturated heterocycles. The molecule has 1 unspecified atom stereocenters. The number of aliphatic hydroxyl groups excluding tert-OH is 2. The number of phosphoric ester groups is 1. The minimum atomic E-state index is -4.61. The van der Waals surface area contributed by atoms with Gasteiger partial charge in [0.2, 0.25) is 0 Å². The van der Waals surface area contributed by atoms with Crippen LogP contribution < -0.4 is 0 Å². The monoisotopic (exact) mass is 262 g/mol. The van der Waals surface area contributed by atoms with Gasteiger partial charge in [-0.15, -0.1) is 0 Å². The van der Waals surface area contributed by atoms with Gasteiger partial charge in [-0.05, 0) is 5.56 Å². The maximum atomic E-state index is 10.4. The van der Waals surface area contributed by atoms with Crippen molar-refractivity contribution in [3.63, 3.8) is 0 Å². The number of benzene rings is 1. The van der Waals surface area contributed by atoms with Crippen LogP contribution in [0.5, 0.6) is 0 Å². The van der Waals surface area contributed by atoms with E-state index in [0.717, 1.165) is 5.56 Å². The van der Waals surface area contributed by atoms with Gasteiger partial charge in [0.25, 0.3) is 0 Å². The number of aliphatic hydroxyl groups is 2. The lowest BCUT2D eigenvalue weighted by atomic mass is 10.0. The summed E-state index contributed by atoms with van der Waals surface area (Å²) in [5, 5.41) is 19.0. The molecule has 1 aromatic rings. The molecular weight excluding hydrogens is 247 g/mol. The van der Waals surface area contributed by atoms with Crippen molar-refractivity contribution >= 4 is 7.82 Å². The highest BCUT2D eigenvalue weighted by molar-refractivity contribution is 7.46. The van der Waals surface area contributed by atoms with Crippen LogP contribution in [0.1, 0.15) is 5.56 Å². The molecule has 4 N–H and O–H groups in total. The number of phosphoric acid groups is 1. The van der Waals surface area contributed by atoms with Gasteiger partial charge in [0.05, 0.1) is 12.7 Å². The van der Waals surface area contributed by atoms with Crippen LogP contribution in [0, 0.1) is 0 Å². The molecule has 0 amide bonds. The third kappa shape index (κ3) is 5.93. The van der Waals surface area contributed by atoms with Crippen molar-refractivity contribution in [2.75, 3.05) is 6.61 Å².